The van der Waals surface area contributed by atoms with Gasteiger partial charge in [-0.3, -0.25) is 4.90 Å². The number of rotatable bonds is 4. The summed E-state index contributed by atoms with van der Waals surface area (Å²) >= 11 is 0. The molecule has 0 aromatic rings. The quantitative estimate of drug-likeness (QED) is 0.825. The maximum Gasteiger partial charge on any atom is 0.0309 e. The second-order valence-electron chi connectivity index (χ2n) is 6.71. The summed E-state index contributed by atoms with van der Waals surface area (Å²) in [5.74, 6) is 0.865. The van der Waals surface area contributed by atoms with E-state index in [0.29, 0.717) is 11.6 Å². The smallest absolute Gasteiger partial charge is 0.0309 e. The summed E-state index contributed by atoms with van der Waals surface area (Å²) in [6, 6.07) is 1.45. The predicted octanol–water partition coefficient (Wildman–Crippen LogP) is 3.42. The molecule has 1 N–H and O–H groups in total. The highest BCUT2D eigenvalue weighted by atomic mass is 15.3. The van der Waals surface area contributed by atoms with E-state index in [-0.39, 0.29) is 0 Å². The van der Waals surface area contributed by atoms with Crippen molar-refractivity contribution in [3.05, 3.63) is 0 Å². The zero-order chi connectivity index (χ0) is 13.2. The zero-order valence-corrected chi connectivity index (χ0v) is 12.8. The van der Waals surface area contributed by atoms with Gasteiger partial charge < -0.3 is 5.32 Å². The van der Waals surface area contributed by atoms with E-state index in [1.54, 1.807) is 0 Å². The van der Waals surface area contributed by atoms with Gasteiger partial charge >= 0.3 is 0 Å². The van der Waals surface area contributed by atoms with Crippen LogP contribution < -0.4 is 5.32 Å². The minimum absolute atomic E-state index is 0.465. The maximum absolute atomic E-state index is 3.86. The molecule has 2 heteroatoms. The average molecular weight is 252 g/mol. The Morgan fingerprint density at radius 3 is 2.39 bits per heavy atom. The summed E-state index contributed by atoms with van der Waals surface area (Å²) in [4.78, 5) is 2.81. The SMILES string of the molecule is CCC(CC)C(C)N1CC2(CCCC2)NCC1C. The summed E-state index contributed by atoms with van der Waals surface area (Å²) in [6.45, 7) is 12.0. The molecule has 0 aromatic heterocycles. The lowest BCUT2D eigenvalue weighted by Crippen LogP contribution is -2.64. The molecule has 0 amide bonds. The standard InChI is InChI=1S/C16H32N2/c1-5-15(6-2)14(4)18-12-16(9-7-8-10-16)17-11-13(18)3/h13-15,17H,5-12H2,1-4H3. The van der Waals surface area contributed by atoms with Crippen molar-refractivity contribution in [1.29, 1.82) is 0 Å². The van der Waals surface area contributed by atoms with Crippen molar-refractivity contribution < 1.29 is 0 Å². The van der Waals surface area contributed by atoms with E-state index in [1.165, 1.54) is 51.6 Å². The molecular formula is C16H32N2. The summed E-state index contributed by atoms with van der Waals surface area (Å²) < 4.78 is 0. The van der Waals surface area contributed by atoms with E-state index >= 15 is 0 Å². The molecule has 1 aliphatic heterocycles. The first-order valence-electron chi connectivity index (χ1n) is 8.12. The first-order chi connectivity index (χ1) is 8.62. The van der Waals surface area contributed by atoms with Gasteiger partial charge in [0.1, 0.15) is 0 Å². The fraction of sp³-hybridized carbons (Fsp3) is 1.00. The van der Waals surface area contributed by atoms with Crippen molar-refractivity contribution in [2.75, 3.05) is 13.1 Å². The summed E-state index contributed by atoms with van der Waals surface area (Å²) in [5.41, 5.74) is 0.465. The van der Waals surface area contributed by atoms with Gasteiger partial charge in [0.25, 0.3) is 0 Å². The van der Waals surface area contributed by atoms with E-state index in [1.807, 2.05) is 0 Å². The highest BCUT2D eigenvalue weighted by Crippen LogP contribution is 2.35. The lowest BCUT2D eigenvalue weighted by Gasteiger charge is -2.49. The van der Waals surface area contributed by atoms with Crippen molar-refractivity contribution in [3.63, 3.8) is 0 Å². The third-order valence-electron chi connectivity index (χ3n) is 5.64. The molecule has 0 radical (unpaired) electrons. The third-order valence-corrected chi connectivity index (χ3v) is 5.64. The molecule has 2 rings (SSSR count). The number of hydrogen-bond donors (Lipinski definition) is 1. The molecule has 0 bridgehead atoms. The Morgan fingerprint density at radius 1 is 1.22 bits per heavy atom. The van der Waals surface area contributed by atoms with Gasteiger partial charge in [0.05, 0.1) is 0 Å². The molecule has 1 spiro atoms. The molecule has 1 aliphatic carbocycles. The molecule has 2 unspecified atom stereocenters. The first-order valence-corrected chi connectivity index (χ1v) is 8.12. The van der Waals surface area contributed by atoms with Crippen LogP contribution in [0.2, 0.25) is 0 Å². The minimum atomic E-state index is 0.465. The normalized spacial score (nSPS) is 30.2. The van der Waals surface area contributed by atoms with Crippen molar-refractivity contribution in [1.82, 2.24) is 10.2 Å². The first kappa shape index (κ1) is 14.3. The van der Waals surface area contributed by atoms with E-state index in [4.69, 9.17) is 0 Å². The Kier molecular flexibility index (Phi) is 4.71. The molecule has 1 saturated carbocycles. The van der Waals surface area contributed by atoms with Crippen molar-refractivity contribution in [2.24, 2.45) is 5.92 Å². The number of hydrogen-bond acceptors (Lipinski definition) is 2. The van der Waals surface area contributed by atoms with Crippen molar-refractivity contribution in [2.45, 2.75) is 83.8 Å². The van der Waals surface area contributed by atoms with Gasteiger partial charge in [0, 0.05) is 30.7 Å². The number of nitrogens with zero attached hydrogens (tertiary/aromatic N) is 1. The molecule has 1 saturated heterocycles. The van der Waals surface area contributed by atoms with Crippen LogP contribution in [-0.2, 0) is 0 Å². The Morgan fingerprint density at radius 2 is 1.83 bits per heavy atom. The summed E-state index contributed by atoms with van der Waals surface area (Å²) in [5, 5.41) is 3.86. The molecule has 2 nitrogen and oxygen atoms in total. The van der Waals surface area contributed by atoms with Crippen LogP contribution in [0.25, 0.3) is 0 Å². The van der Waals surface area contributed by atoms with Crippen LogP contribution in [-0.4, -0.2) is 35.6 Å². The Labute approximate surface area is 114 Å². The van der Waals surface area contributed by atoms with E-state index in [0.717, 1.165) is 12.0 Å². The number of nitrogens with one attached hydrogen (secondary N) is 1. The predicted molar refractivity (Wildman–Crippen MR) is 78.9 cm³/mol. The largest absolute Gasteiger partial charge is 0.308 e. The van der Waals surface area contributed by atoms with Crippen LogP contribution in [0.5, 0.6) is 0 Å². The van der Waals surface area contributed by atoms with Crippen LogP contribution >= 0.6 is 0 Å². The van der Waals surface area contributed by atoms with Crippen LogP contribution in [0.4, 0.5) is 0 Å². The van der Waals surface area contributed by atoms with E-state index < -0.39 is 0 Å². The van der Waals surface area contributed by atoms with Crippen molar-refractivity contribution in [3.8, 4) is 0 Å². The van der Waals surface area contributed by atoms with Gasteiger partial charge in [-0.2, -0.15) is 0 Å². The molecule has 0 aromatic carbocycles. The topological polar surface area (TPSA) is 15.3 Å². The third kappa shape index (κ3) is 2.75. The lowest BCUT2D eigenvalue weighted by molar-refractivity contribution is 0.0319. The molecule has 2 atom stereocenters. The van der Waals surface area contributed by atoms with Crippen molar-refractivity contribution >= 4 is 0 Å². The second kappa shape index (κ2) is 5.92. The Bertz CT molecular complexity index is 254. The van der Waals surface area contributed by atoms with Gasteiger partial charge in [-0.25, -0.2) is 0 Å². The second-order valence-corrected chi connectivity index (χ2v) is 6.71. The zero-order valence-electron chi connectivity index (χ0n) is 12.8. The molecule has 1 heterocycles. The highest BCUT2D eigenvalue weighted by Gasteiger charge is 2.41. The van der Waals surface area contributed by atoms with Crippen LogP contribution in [0.15, 0.2) is 0 Å². The summed E-state index contributed by atoms with van der Waals surface area (Å²) in [7, 11) is 0. The average Bonchev–Trinajstić information content (AvgIpc) is 2.82. The van der Waals surface area contributed by atoms with Gasteiger partial charge in [-0.1, -0.05) is 39.5 Å². The minimum Gasteiger partial charge on any atom is -0.308 e. The number of piperazine rings is 1. The van der Waals surface area contributed by atoms with Crippen LogP contribution in [0.3, 0.4) is 0 Å². The Balaban J connectivity index is 2.04. The Hall–Kier alpha value is -0.0800. The fourth-order valence-electron chi connectivity index (χ4n) is 4.22. The lowest BCUT2D eigenvalue weighted by atomic mass is 9.87. The van der Waals surface area contributed by atoms with Gasteiger partial charge in [0.2, 0.25) is 0 Å². The molecule has 18 heavy (non-hydrogen) atoms. The van der Waals surface area contributed by atoms with E-state index in [9.17, 15) is 0 Å². The van der Waals surface area contributed by atoms with Gasteiger partial charge in [0.15, 0.2) is 0 Å². The van der Waals surface area contributed by atoms with E-state index in [2.05, 4.69) is 37.9 Å². The van der Waals surface area contributed by atoms with Crippen LogP contribution in [0, 0.1) is 5.92 Å². The maximum atomic E-state index is 3.86. The highest BCUT2D eigenvalue weighted by molar-refractivity contribution is 5.01. The molecule has 2 fully saturated rings. The molecule has 2 aliphatic rings. The van der Waals surface area contributed by atoms with Crippen LogP contribution in [0.1, 0.15) is 66.2 Å². The molecular weight excluding hydrogens is 220 g/mol. The van der Waals surface area contributed by atoms with Gasteiger partial charge in [-0.05, 0) is 32.6 Å². The molecule has 106 valence electrons. The monoisotopic (exact) mass is 252 g/mol. The summed E-state index contributed by atoms with van der Waals surface area (Å²) in [6.07, 6.45) is 8.28. The fourth-order valence-corrected chi connectivity index (χ4v) is 4.22. The van der Waals surface area contributed by atoms with Gasteiger partial charge in [-0.15, -0.1) is 0 Å².